The molecule has 1 aromatic rings. The van der Waals surface area contributed by atoms with E-state index in [9.17, 15) is 9.18 Å². The summed E-state index contributed by atoms with van der Waals surface area (Å²) in [6.45, 7) is 2.13. The highest BCUT2D eigenvalue weighted by atomic mass is 19.1. The number of esters is 1. The molecule has 0 radical (unpaired) electrons. The molecule has 104 valence electrons. The number of ether oxygens (including phenoxy) is 1. The minimum Gasteiger partial charge on any atom is -0.467 e. The van der Waals surface area contributed by atoms with Gasteiger partial charge in [-0.2, -0.15) is 0 Å². The summed E-state index contributed by atoms with van der Waals surface area (Å²) in [6.07, 6.45) is 3.53. The number of anilines is 1. The molecule has 0 aliphatic heterocycles. The van der Waals surface area contributed by atoms with E-state index < -0.39 is 5.54 Å². The number of hydrogen-bond acceptors (Lipinski definition) is 3. The lowest BCUT2D eigenvalue weighted by molar-refractivity contribution is -0.147. The largest absolute Gasteiger partial charge is 0.467 e. The van der Waals surface area contributed by atoms with Crippen LogP contribution in [0.5, 0.6) is 0 Å². The van der Waals surface area contributed by atoms with Gasteiger partial charge in [-0.3, -0.25) is 0 Å². The normalized spacial score (nSPS) is 26.8. The molecule has 0 amide bonds. The predicted octanol–water partition coefficient (Wildman–Crippen LogP) is 3.36. The van der Waals surface area contributed by atoms with Gasteiger partial charge in [-0.15, -0.1) is 0 Å². The summed E-state index contributed by atoms with van der Waals surface area (Å²) in [7, 11) is 1.40. The maximum atomic E-state index is 13.2. The molecule has 1 aliphatic carbocycles. The van der Waals surface area contributed by atoms with Crippen LogP contribution in [-0.4, -0.2) is 18.6 Å². The first-order valence-corrected chi connectivity index (χ1v) is 6.68. The lowest BCUT2D eigenvalue weighted by Crippen LogP contribution is -2.50. The van der Waals surface area contributed by atoms with E-state index in [1.165, 1.54) is 19.2 Å². The van der Waals surface area contributed by atoms with E-state index in [0.29, 0.717) is 11.6 Å². The minimum atomic E-state index is -0.722. The smallest absolute Gasteiger partial charge is 0.331 e. The Morgan fingerprint density at radius 3 is 2.95 bits per heavy atom. The van der Waals surface area contributed by atoms with Gasteiger partial charge < -0.3 is 10.1 Å². The van der Waals surface area contributed by atoms with Crippen LogP contribution >= 0.6 is 0 Å². The van der Waals surface area contributed by atoms with Crippen LogP contribution in [0.2, 0.25) is 0 Å². The summed E-state index contributed by atoms with van der Waals surface area (Å²) in [6, 6.07) is 6.20. The number of nitrogens with one attached hydrogen (secondary N) is 1. The molecule has 1 N–H and O–H groups in total. The summed E-state index contributed by atoms with van der Waals surface area (Å²) in [4.78, 5) is 12.1. The standard InChI is InChI=1S/C15H20FNO2/c1-11-5-4-8-15(10-11,14(18)19-2)17-13-7-3-6-12(16)9-13/h3,6-7,9,11,17H,4-5,8,10H2,1-2H3. The number of carbonyl (C=O) groups excluding carboxylic acids is 1. The van der Waals surface area contributed by atoms with Gasteiger partial charge in [0, 0.05) is 5.69 Å². The van der Waals surface area contributed by atoms with Gasteiger partial charge in [0.05, 0.1) is 7.11 Å². The van der Waals surface area contributed by atoms with Crippen molar-refractivity contribution in [3.05, 3.63) is 30.1 Å². The van der Waals surface area contributed by atoms with Crippen LogP contribution in [-0.2, 0) is 9.53 Å². The first kappa shape index (κ1) is 13.8. The SMILES string of the molecule is COC(=O)C1(Nc2cccc(F)c2)CCCC(C)C1. The topological polar surface area (TPSA) is 38.3 Å². The lowest BCUT2D eigenvalue weighted by Gasteiger charge is -2.38. The van der Waals surface area contributed by atoms with Crippen molar-refractivity contribution in [2.24, 2.45) is 5.92 Å². The third-order valence-electron chi connectivity index (χ3n) is 3.78. The van der Waals surface area contributed by atoms with E-state index in [0.717, 1.165) is 25.7 Å². The highest BCUT2D eigenvalue weighted by molar-refractivity contribution is 5.84. The number of rotatable bonds is 3. The molecule has 0 spiro atoms. The Morgan fingerprint density at radius 2 is 2.32 bits per heavy atom. The number of methoxy groups -OCH3 is 1. The van der Waals surface area contributed by atoms with Gasteiger partial charge in [0.15, 0.2) is 0 Å². The summed E-state index contributed by atoms with van der Waals surface area (Å²) >= 11 is 0. The van der Waals surface area contributed by atoms with E-state index >= 15 is 0 Å². The van der Waals surface area contributed by atoms with E-state index in [1.807, 2.05) is 0 Å². The molecule has 19 heavy (non-hydrogen) atoms. The van der Waals surface area contributed by atoms with Gasteiger partial charge in [0.25, 0.3) is 0 Å². The average molecular weight is 265 g/mol. The maximum absolute atomic E-state index is 13.2. The summed E-state index contributed by atoms with van der Waals surface area (Å²) in [5.74, 6) is -0.119. The van der Waals surface area contributed by atoms with Crippen molar-refractivity contribution >= 4 is 11.7 Å². The van der Waals surface area contributed by atoms with Gasteiger partial charge in [0.2, 0.25) is 0 Å². The van der Waals surface area contributed by atoms with Crippen molar-refractivity contribution in [3.8, 4) is 0 Å². The second-order valence-electron chi connectivity index (χ2n) is 5.41. The average Bonchev–Trinajstić information content (AvgIpc) is 2.37. The Bertz CT molecular complexity index is 463. The number of benzene rings is 1. The van der Waals surface area contributed by atoms with Crippen LogP contribution in [0.3, 0.4) is 0 Å². The molecule has 1 saturated carbocycles. The van der Waals surface area contributed by atoms with E-state index in [4.69, 9.17) is 4.74 Å². The fraction of sp³-hybridized carbons (Fsp3) is 0.533. The molecule has 3 nitrogen and oxygen atoms in total. The molecule has 1 aromatic carbocycles. The predicted molar refractivity (Wildman–Crippen MR) is 72.4 cm³/mol. The third kappa shape index (κ3) is 3.06. The molecule has 4 heteroatoms. The molecule has 1 fully saturated rings. The van der Waals surface area contributed by atoms with Gasteiger partial charge in [-0.25, -0.2) is 9.18 Å². The molecule has 0 aromatic heterocycles. The molecule has 0 bridgehead atoms. The van der Waals surface area contributed by atoms with E-state index in [2.05, 4.69) is 12.2 Å². The van der Waals surface area contributed by atoms with E-state index in [1.54, 1.807) is 12.1 Å². The quantitative estimate of drug-likeness (QED) is 0.852. The zero-order valence-electron chi connectivity index (χ0n) is 11.4. The van der Waals surface area contributed by atoms with Crippen LogP contribution in [0.25, 0.3) is 0 Å². The third-order valence-corrected chi connectivity index (χ3v) is 3.78. The molecular weight excluding hydrogens is 245 g/mol. The molecular formula is C15H20FNO2. The Labute approximate surface area is 113 Å². The van der Waals surface area contributed by atoms with Gasteiger partial charge in [0.1, 0.15) is 11.4 Å². The fourth-order valence-electron chi connectivity index (χ4n) is 2.94. The van der Waals surface area contributed by atoms with E-state index in [-0.39, 0.29) is 11.8 Å². The van der Waals surface area contributed by atoms with Crippen molar-refractivity contribution in [3.63, 3.8) is 0 Å². The number of halogens is 1. The summed E-state index contributed by atoms with van der Waals surface area (Å²) in [5, 5.41) is 3.20. The van der Waals surface area contributed by atoms with Crippen molar-refractivity contribution in [1.82, 2.24) is 0 Å². The van der Waals surface area contributed by atoms with Crippen LogP contribution in [0, 0.1) is 11.7 Å². The second-order valence-corrected chi connectivity index (χ2v) is 5.41. The first-order valence-electron chi connectivity index (χ1n) is 6.68. The molecule has 2 rings (SSSR count). The number of carbonyl (C=O) groups is 1. The lowest BCUT2D eigenvalue weighted by atomic mass is 9.76. The second kappa shape index (κ2) is 5.59. The van der Waals surface area contributed by atoms with Crippen molar-refractivity contribution in [2.75, 3.05) is 12.4 Å². The highest BCUT2D eigenvalue weighted by Crippen LogP contribution is 2.36. The van der Waals surface area contributed by atoms with Crippen LogP contribution in [0.4, 0.5) is 10.1 Å². The maximum Gasteiger partial charge on any atom is 0.331 e. The molecule has 1 aliphatic rings. The molecule has 0 saturated heterocycles. The van der Waals surface area contributed by atoms with Gasteiger partial charge in [-0.1, -0.05) is 25.8 Å². The Hall–Kier alpha value is -1.58. The Morgan fingerprint density at radius 1 is 1.53 bits per heavy atom. The van der Waals surface area contributed by atoms with Crippen molar-refractivity contribution < 1.29 is 13.9 Å². The first-order chi connectivity index (χ1) is 9.05. The molecule has 2 atom stereocenters. The monoisotopic (exact) mass is 265 g/mol. The van der Waals surface area contributed by atoms with Crippen LogP contribution in [0.1, 0.15) is 32.6 Å². The van der Waals surface area contributed by atoms with Crippen molar-refractivity contribution in [2.45, 2.75) is 38.1 Å². The summed E-state index contributed by atoms with van der Waals surface area (Å²) < 4.78 is 18.2. The zero-order valence-corrected chi connectivity index (χ0v) is 11.4. The van der Waals surface area contributed by atoms with Crippen LogP contribution in [0.15, 0.2) is 24.3 Å². The van der Waals surface area contributed by atoms with Crippen molar-refractivity contribution in [1.29, 1.82) is 0 Å². The zero-order chi connectivity index (χ0) is 13.9. The van der Waals surface area contributed by atoms with Gasteiger partial charge >= 0.3 is 5.97 Å². The van der Waals surface area contributed by atoms with Crippen LogP contribution < -0.4 is 5.32 Å². The van der Waals surface area contributed by atoms with Gasteiger partial charge in [-0.05, 0) is 37.0 Å². The highest BCUT2D eigenvalue weighted by Gasteiger charge is 2.42. The molecule has 0 heterocycles. The molecule has 2 unspecified atom stereocenters. The Balaban J connectivity index is 2.25. The summed E-state index contributed by atoms with van der Waals surface area (Å²) in [5.41, 5.74) is -0.0975. The minimum absolute atomic E-state index is 0.261. The Kier molecular flexibility index (Phi) is 4.08. The fourth-order valence-corrected chi connectivity index (χ4v) is 2.94. The number of hydrogen-bond donors (Lipinski definition) is 1.